The summed E-state index contributed by atoms with van der Waals surface area (Å²) in [5, 5.41) is 6.24. The van der Waals surface area contributed by atoms with Gasteiger partial charge in [-0.3, -0.25) is 9.59 Å². The maximum absolute atomic E-state index is 12.9. The smallest absolute Gasteiger partial charge is 0.339 e. The van der Waals surface area contributed by atoms with E-state index in [1.165, 1.54) is 37.7 Å². The van der Waals surface area contributed by atoms with Crippen molar-refractivity contribution in [2.24, 2.45) is 0 Å². The van der Waals surface area contributed by atoms with Crippen LogP contribution < -0.4 is 20.1 Å². The molecule has 0 aliphatic rings. The molecule has 4 aromatic rings. The molecular weight excluding hydrogens is 596 g/mol. The number of benzene rings is 4. The van der Waals surface area contributed by atoms with E-state index in [4.69, 9.17) is 25.8 Å². The van der Waals surface area contributed by atoms with Crippen molar-refractivity contribution in [1.82, 2.24) is 0 Å². The standard InChI is InChI=1S/C31H27ClN2O6S2/c1-38-25-16-13-21(17-26(25)39-2)33-30(36)19-41-27-9-5-3-7-23(27)31(37)40-18-29(35)34-24-8-4-6-10-28(24)42-22-14-11-20(32)12-15-22/h3-17H,18-19H2,1-2H3,(H,33,36)(H,34,35). The number of carbonyl (C=O) groups is 3. The van der Waals surface area contributed by atoms with Gasteiger partial charge in [0.15, 0.2) is 18.1 Å². The van der Waals surface area contributed by atoms with Gasteiger partial charge in [0.25, 0.3) is 5.91 Å². The largest absolute Gasteiger partial charge is 0.493 e. The molecule has 42 heavy (non-hydrogen) atoms. The van der Waals surface area contributed by atoms with Gasteiger partial charge in [0, 0.05) is 31.5 Å². The molecule has 216 valence electrons. The lowest BCUT2D eigenvalue weighted by molar-refractivity contribution is -0.119. The third-order valence-electron chi connectivity index (χ3n) is 5.67. The quantitative estimate of drug-likeness (QED) is 0.128. The van der Waals surface area contributed by atoms with Crippen molar-refractivity contribution in [2.45, 2.75) is 14.7 Å². The number of halogens is 1. The minimum atomic E-state index is -0.669. The average molecular weight is 623 g/mol. The van der Waals surface area contributed by atoms with Crippen molar-refractivity contribution in [3.63, 3.8) is 0 Å². The summed E-state index contributed by atoms with van der Waals surface area (Å²) in [7, 11) is 3.05. The van der Waals surface area contributed by atoms with Crippen LogP contribution in [-0.4, -0.2) is 44.4 Å². The fraction of sp³-hybridized carbons (Fsp3) is 0.129. The molecule has 0 spiro atoms. The minimum Gasteiger partial charge on any atom is -0.493 e. The molecular formula is C31H27ClN2O6S2. The second-order valence-corrected chi connectivity index (χ2v) is 11.1. The van der Waals surface area contributed by atoms with E-state index in [1.54, 1.807) is 60.7 Å². The summed E-state index contributed by atoms with van der Waals surface area (Å²) >= 11 is 8.63. The predicted molar refractivity (Wildman–Crippen MR) is 166 cm³/mol. The molecule has 4 aromatic carbocycles. The lowest BCUT2D eigenvalue weighted by Gasteiger charge is -2.12. The Morgan fingerprint density at radius 1 is 0.762 bits per heavy atom. The molecule has 0 atom stereocenters. The molecule has 0 bridgehead atoms. The van der Waals surface area contributed by atoms with E-state index in [2.05, 4.69) is 10.6 Å². The number of hydrogen-bond acceptors (Lipinski definition) is 8. The number of para-hydroxylation sites is 1. The maximum Gasteiger partial charge on any atom is 0.339 e. The molecule has 0 saturated carbocycles. The summed E-state index contributed by atoms with van der Waals surface area (Å²) in [6.45, 7) is -0.475. The first kappa shape index (κ1) is 30.8. The first-order valence-electron chi connectivity index (χ1n) is 12.6. The van der Waals surface area contributed by atoms with Crippen LogP contribution in [0.4, 0.5) is 11.4 Å². The van der Waals surface area contributed by atoms with Crippen molar-refractivity contribution >= 4 is 64.3 Å². The number of hydrogen-bond donors (Lipinski definition) is 2. The normalized spacial score (nSPS) is 10.5. The van der Waals surface area contributed by atoms with Crippen molar-refractivity contribution in [1.29, 1.82) is 0 Å². The summed E-state index contributed by atoms with van der Waals surface area (Å²) in [6, 6.07) is 26.5. The van der Waals surface area contributed by atoms with Gasteiger partial charge < -0.3 is 24.8 Å². The van der Waals surface area contributed by atoms with E-state index in [0.29, 0.717) is 32.8 Å². The van der Waals surface area contributed by atoms with Gasteiger partial charge in [0.1, 0.15) is 0 Å². The summed E-state index contributed by atoms with van der Waals surface area (Å²) in [6.07, 6.45) is 0. The van der Waals surface area contributed by atoms with Crippen molar-refractivity contribution in [3.05, 3.63) is 102 Å². The van der Waals surface area contributed by atoms with E-state index in [0.717, 1.165) is 9.79 Å². The highest BCUT2D eigenvalue weighted by molar-refractivity contribution is 8.00. The van der Waals surface area contributed by atoms with Gasteiger partial charge in [0.05, 0.1) is 31.2 Å². The summed E-state index contributed by atoms with van der Waals surface area (Å²) in [4.78, 5) is 40.5. The first-order valence-corrected chi connectivity index (χ1v) is 14.8. The van der Waals surface area contributed by atoms with Crippen molar-refractivity contribution in [3.8, 4) is 11.5 Å². The zero-order valence-corrected chi connectivity index (χ0v) is 25.1. The topological polar surface area (TPSA) is 103 Å². The highest BCUT2D eigenvalue weighted by Gasteiger charge is 2.17. The molecule has 2 N–H and O–H groups in total. The molecule has 0 fully saturated rings. The molecule has 0 heterocycles. The molecule has 0 saturated heterocycles. The molecule has 0 aromatic heterocycles. The van der Waals surface area contributed by atoms with E-state index < -0.39 is 18.5 Å². The van der Waals surface area contributed by atoms with Crippen LogP contribution in [0.2, 0.25) is 5.02 Å². The molecule has 0 unspecified atom stereocenters. The van der Waals surface area contributed by atoms with Gasteiger partial charge >= 0.3 is 5.97 Å². The van der Waals surface area contributed by atoms with E-state index in [-0.39, 0.29) is 17.2 Å². The second kappa shape index (κ2) is 15.2. The SMILES string of the molecule is COc1ccc(NC(=O)CSc2ccccc2C(=O)OCC(=O)Nc2ccccc2Sc2ccc(Cl)cc2)cc1OC. The van der Waals surface area contributed by atoms with Crippen LogP contribution in [0.15, 0.2) is 106 Å². The molecule has 0 aliphatic carbocycles. The Bertz CT molecular complexity index is 1570. The Kier molecular flexibility index (Phi) is 11.2. The van der Waals surface area contributed by atoms with E-state index in [9.17, 15) is 14.4 Å². The number of methoxy groups -OCH3 is 2. The number of anilines is 2. The van der Waals surface area contributed by atoms with Crippen molar-refractivity contribution in [2.75, 3.05) is 37.2 Å². The van der Waals surface area contributed by atoms with E-state index in [1.807, 2.05) is 30.3 Å². The number of carbonyl (C=O) groups excluding carboxylic acids is 3. The highest BCUT2D eigenvalue weighted by Crippen LogP contribution is 2.34. The number of nitrogens with one attached hydrogen (secondary N) is 2. The van der Waals surface area contributed by atoms with Gasteiger partial charge in [-0.25, -0.2) is 4.79 Å². The fourth-order valence-electron chi connectivity index (χ4n) is 3.70. The highest BCUT2D eigenvalue weighted by atomic mass is 35.5. The summed E-state index contributed by atoms with van der Waals surface area (Å²) in [5.41, 5.74) is 1.40. The van der Waals surface area contributed by atoms with Crippen LogP contribution in [0.25, 0.3) is 0 Å². The Hall–Kier alpha value is -4.12. The van der Waals surface area contributed by atoms with Gasteiger partial charge in [-0.2, -0.15) is 0 Å². The molecule has 0 aliphatic heterocycles. The van der Waals surface area contributed by atoms with Gasteiger partial charge in [-0.05, 0) is 60.7 Å². The molecule has 8 nitrogen and oxygen atoms in total. The number of ether oxygens (including phenoxy) is 3. The number of thioether (sulfide) groups is 1. The van der Waals surface area contributed by atoms with Crippen molar-refractivity contribution < 1.29 is 28.6 Å². The zero-order chi connectivity index (χ0) is 29.9. The first-order chi connectivity index (χ1) is 20.4. The molecule has 2 amide bonds. The lowest BCUT2D eigenvalue weighted by atomic mass is 10.2. The fourth-order valence-corrected chi connectivity index (χ4v) is 5.57. The number of esters is 1. The van der Waals surface area contributed by atoms with Gasteiger partial charge in [-0.1, -0.05) is 47.6 Å². The monoisotopic (exact) mass is 622 g/mol. The van der Waals surface area contributed by atoms with Crippen LogP contribution in [0, 0.1) is 0 Å². The predicted octanol–water partition coefficient (Wildman–Crippen LogP) is 7.03. The zero-order valence-electron chi connectivity index (χ0n) is 22.7. The van der Waals surface area contributed by atoms with Crippen LogP contribution in [-0.2, 0) is 14.3 Å². The number of amides is 2. The summed E-state index contributed by atoms with van der Waals surface area (Å²) < 4.78 is 15.8. The lowest BCUT2D eigenvalue weighted by Crippen LogP contribution is -2.21. The van der Waals surface area contributed by atoms with Crippen LogP contribution in [0.5, 0.6) is 11.5 Å². The third kappa shape index (κ3) is 8.69. The molecule has 11 heteroatoms. The summed E-state index contributed by atoms with van der Waals surface area (Å²) in [5.74, 6) is -0.341. The van der Waals surface area contributed by atoms with Crippen LogP contribution in [0.1, 0.15) is 10.4 Å². The molecule has 0 radical (unpaired) electrons. The maximum atomic E-state index is 12.9. The molecule has 4 rings (SSSR count). The van der Waals surface area contributed by atoms with Gasteiger partial charge in [0.2, 0.25) is 5.91 Å². The Labute approximate surface area is 257 Å². The van der Waals surface area contributed by atoms with E-state index >= 15 is 0 Å². The number of rotatable bonds is 12. The van der Waals surface area contributed by atoms with Gasteiger partial charge in [-0.15, -0.1) is 11.8 Å². The Morgan fingerprint density at radius 3 is 2.19 bits per heavy atom. The van der Waals surface area contributed by atoms with Crippen LogP contribution >= 0.6 is 35.1 Å². The third-order valence-corrected chi connectivity index (χ3v) is 8.08. The minimum absolute atomic E-state index is 0.0429. The average Bonchev–Trinajstić information content (AvgIpc) is 3.01. The van der Waals surface area contributed by atoms with Crippen LogP contribution in [0.3, 0.4) is 0 Å². The Balaban J connectivity index is 1.31. The second-order valence-electron chi connectivity index (χ2n) is 8.58. The Morgan fingerprint density at radius 2 is 1.45 bits per heavy atom.